The van der Waals surface area contributed by atoms with Crippen LogP contribution in [0.25, 0.3) is 11.0 Å². The lowest BCUT2D eigenvalue weighted by Gasteiger charge is -2.11. The number of rotatable bonds is 4. The molecule has 2 rings (SSSR count). The molecule has 1 aromatic heterocycles. The molecular weight excluding hydrogens is 218 g/mol. The van der Waals surface area contributed by atoms with Crippen molar-refractivity contribution in [3.63, 3.8) is 0 Å². The third-order valence-electron chi connectivity index (χ3n) is 2.57. The van der Waals surface area contributed by atoms with Crippen LogP contribution in [0.5, 0.6) is 5.75 Å². The fraction of sp³-hybridized carbons (Fsp3) is 0.385. The molecule has 2 aromatic rings. The third kappa shape index (κ3) is 2.78. The van der Waals surface area contributed by atoms with E-state index in [-0.39, 0.29) is 5.75 Å². The van der Waals surface area contributed by atoms with Crippen LogP contribution in [0.3, 0.4) is 0 Å². The summed E-state index contributed by atoms with van der Waals surface area (Å²) in [4.78, 5) is 0. The van der Waals surface area contributed by atoms with E-state index in [0.29, 0.717) is 23.9 Å². The summed E-state index contributed by atoms with van der Waals surface area (Å²) in [6, 6.07) is 6.94. The number of nitrogens with one attached hydrogen (secondary N) is 1. The molecule has 4 heteroatoms. The van der Waals surface area contributed by atoms with Crippen LogP contribution in [-0.2, 0) is 0 Å². The topological polar surface area (TPSA) is 65.6 Å². The molecule has 3 N–H and O–H groups in total. The maximum Gasteiger partial charge on any atom is 0.135 e. The zero-order valence-corrected chi connectivity index (χ0v) is 9.97. The molecule has 92 valence electrons. The second-order valence-corrected chi connectivity index (χ2v) is 4.45. The van der Waals surface area contributed by atoms with Crippen LogP contribution in [-0.4, -0.2) is 22.8 Å². The van der Waals surface area contributed by atoms with E-state index in [2.05, 4.69) is 5.32 Å². The summed E-state index contributed by atoms with van der Waals surface area (Å²) in [7, 11) is 0. The van der Waals surface area contributed by atoms with Crippen LogP contribution >= 0.6 is 0 Å². The van der Waals surface area contributed by atoms with Gasteiger partial charge >= 0.3 is 0 Å². The van der Waals surface area contributed by atoms with E-state index in [1.54, 1.807) is 24.3 Å². The molecule has 0 unspecified atom stereocenters. The molecule has 1 atom stereocenters. The molecule has 0 radical (unpaired) electrons. The highest BCUT2D eigenvalue weighted by atomic mass is 16.4. The van der Waals surface area contributed by atoms with E-state index in [4.69, 9.17) is 4.42 Å². The Kier molecular flexibility index (Phi) is 3.36. The van der Waals surface area contributed by atoms with Gasteiger partial charge in [0.15, 0.2) is 0 Å². The summed E-state index contributed by atoms with van der Waals surface area (Å²) in [5, 5.41) is 23.2. The highest BCUT2D eigenvalue weighted by Gasteiger charge is 2.13. The number of aliphatic hydroxyl groups excluding tert-OH is 1. The SMILES string of the molecule is CC(C)NC[C@H](O)c1cc2cc(O)ccc2o1. The van der Waals surface area contributed by atoms with Gasteiger partial charge in [0.1, 0.15) is 23.2 Å². The molecule has 0 aliphatic heterocycles. The van der Waals surface area contributed by atoms with Crippen LogP contribution in [0.15, 0.2) is 28.7 Å². The van der Waals surface area contributed by atoms with E-state index in [1.807, 2.05) is 13.8 Å². The fourth-order valence-corrected chi connectivity index (χ4v) is 1.66. The molecule has 1 aromatic carbocycles. The Hall–Kier alpha value is -1.52. The monoisotopic (exact) mass is 235 g/mol. The lowest BCUT2D eigenvalue weighted by atomic mass is 10.2. The molecule has 0 spiro atoms. The van der Waals surface area contributed by atoms with E-state index in [9.17, 15) is 10.2 Å². The van der Waals surface area contributed by atoms with Gasteiger partial charge in [-0.2, -0.15) is 0 Å². The van der Waals surface area contributed by atoms with E-state index in [1.165, 1.54) is 0 Å². The van der Waals surface area contributed by atoms with Gasteiger partial charge in [0.2, 0.25) is 0 Å². The first kappa shape index (κ1) is 12.0. The molecule has 0 aliphatic rings. The Morgan fingerprint density at radius 3 is 2.76 bits per heavy atom. The number of aromatic hydroxyl groups is 1. The van der Waals surface area contributed by atoms with Gasteiger partial charge in [-0.3, -0.25) is 0 Å². The van der Waals surface area contributed by atoms with Gasteiger partial charge in [-0.1, -0.05) is 13.8 Å². The van der Waals surface area contributed by atoms with Crippen LogP contribution in [0.1, 0.15) is 25.7 Å². The highest BCUT2D eigenvalue weighted by molar-refractivity contribution is 5.79. The first-order valence-electron chi connectivity index (χ1n) is 5.70. The highest BCUT2D eigenvalue weighted by Crippen LogP contribution is 2.26. The largest absolute Gasteiger partial charge is 0.508 e. The second kappa shape index (κ2) is 4.77. The smallest absolute Gasteiger partial charge is 0.135 e. The zero-order valence-electron chi connectivity index (χ0n) is 9.97. The van der Waals surface area contributed by atoms with Crippen molar-refractivity contribution in [2.45, 2.75) is 26.0 Å². The molecule has 0 fully saturated rings. The standard InChI is InChI=1S/C13H17NO3/c1-8(2)14-7-11(16)13-6-9-5-10(15)3-4-12(9)17-13/h3-6,8,11,14-16H,7H2,1-2H3/t11-/m0/s1. The predicted octanol–water partition coefficient (Wildman–Crippen LogP) is 2.17. The Morgan fingerprint density at radius 2 is 2.06 bits per heavy atom. The molecule has 0 amide bonds. The Morgan fingerprint density at radius 1 is 1.29 bits per heavy atom. The normalized spacial score (nSPS) is 13.4. The minimum atomic E-state index is -0.674. The summed E-state index contributed by atoms with van der Waals surface area (Å²) >= 11 is 0. The van der Waals surface area contributed by atoms with E-state index in [0.717, 1.165) is 5.39 Å². The van der Waals surface area contributed by atoms with Crippen molar-refractivity contribution in [1.29, 1.82) is 0 Å². The van der Waals surface area contributed by atoms with Crippen LogP contribution in [0.2, 0.25) is 0 Å². The van der Waals surface area contributed by atoms with Crippen molar-refractivity contribution < 1.29 is 14.6 Å². The first-order chi connectivity index (χ1) is 8.06. The molecule has 0 bridgehead atoms. The summed E-state index contributed by atoms with van der Waals surface area (Å²) in [6.07, 6.45) is -0.674. The van der Waals surface area contributed by atoms with Crippen molar-refractivity contribution in [2.75, 3.05) is 6.54 Å². The number of phenolic OH excluding ortho intramolecular Hbond substituents is 1. The van der Waals surface area contributed by atoms with E-state index >= 15 is 0 Å². The molecule has 4 nitrogen and oxygen atoms in total. The maximum absolute atomic E-state index is 9.92. The first-order valence-corrected chi connectivity index (χ1v) is 5.70. The minimum Gasteiger partial charge on any atom is -0.508 e. The van der Waals surface area contributed by atoms with Gasteiger partial charge in [-0.05, 0) is 24.3 Å². The van der Waals surface area contributed by atoms with E-state index < -0.39 is 6.10 Å². The van der Waals surface area contributed by atoms with Gasteiger partial charge in [0.05, 0.1) is 0 Å². The molecule has 17 heavy (non-hydrogen) atoms. The predicted molar refractivity (Wildman–Crippen MR) is 66.0 cm³/mol. The number of benzene rings is 1. The minimum absolute atomic E-state index is 0.194. The lowest BCUT2D eigenvalue weighted by Crippen LogP contribution is -2.27. The number of phenols is 1. The van der Waals surface area contributed by atoms with Gasteiger partial charge in [-0.15, -0.1) is 0 Å². The number of fused-ring (bicyclic) bond motifs is 1. The molecule has 0 saturated carbocycles. The van der Waals surface area contributed by atoms with Crippen LogP contribution in [0.4, 0.5) is 0 Å². The lowest BCUT2D eigenvalue weighted by molar-refractivity contribution is 0.147. The van der Waals surface area contributed by atoms with Gasteiger partial charge < -0.3 is 19.9 Å². The van der Waals surface area contributed by atoms with Crippen LogP contribution < -0.4 is 5.32 Å². The number of aliphatic hydroxyl groups is 1. The van der Waals surface area contributed by atoms with Crippen molar-refractivity contribution in [3.8, 4) is 5.75 Å². The molecule has 0 aliphatic carbocycles. The fourth-order valence-electron chi connectivity index (χ4n) is 1.66. The number of hydrogen-bond donors (Lipinski definition) is 3. The average molecular weight is 235 g/mol. The third-order valence-corrected chi connectivity index (χ3v) is 2.57. The summed E-state index contributed by atoms with van der Waals surface area (Å²) < 4.78 is 5.52. The van der Waals surface area contributed by atoms with Crippen molar-refractivity contribution in [2.24, 2.45) is 0 Å². The molecular formula is C13H17NO3. The van der Waals surface area contributed by atoms with Gasteiger partial charge in [-0.25, -0.2) is 0 Å². The second-order valence-electron chi connectivity index (χ2n) is 4.45. The van der Waals surface area contributed by atoms with Crippen molar-refractivity contribution in [3.05, 3.63) is 30.0 Å². The Labute approximate surface area is 99.9 Å². The molecule has 0 saturated heterocycles. The zero-order chi connectivity index (χ0) is 12.4. The van der Waals surface area contributed by atoms with Crippen molar-refractivity contribution in [1.82, 2.24) is 5.32 Å². The quantitative estimate of drug-likeness (QED) is 0.760. The Bertz CT molecular complexity index is 504. The average Bonchev–Trinajstić information content (AvgIpc) is 2.68. The summed E-state index contributed by atoms with van der Waals surface area (Å²) in [5.74, 6) is 0.707. The van der Waals surface area contributed by atoms with Gasteiger partial charge in [0.25, 0.3) is 0 Å². The van der Waals surface area contributed by atoms with Crippen molar-refractivity contribution >= 4 is 11.0 Å². The van der Waals surface area contributed by atoms with Crippen LogP contribution in [0, 0.1) is 0 Å². The summed E-state index contributed by atoms with van der Waals surface area (Å²) in [6.45, 7) is 4.48. The number of hydrogen-bond acceptors (Lipinski definition) is 4. The Balaban J connectivity index is 2.18. The maximum atomic E-state index is 9.92. The summed E-state index contributed by atoms with van der Waals surface area (Å²) in [5.41, 5.74) is 0.668. The molecule has 1 heterocycles. The number of furan rings is 1. The van der Waals surface area contributed by atoms with Gasteiger partial charge in [0, 0.05) is 18.0 Å².